The number of aliphatic hydroxyl groups excluding tert-OH is 1. The number of carbonyl (C=O) groups is 1. The van der Waals surface area contributed by atoms with Crippen LogP contribution in [-0.2, 0) is 11.8 Å². The minimum absolute atomic E-state index is 0.0218. The SMILES string of the molecule is CNC(=O)COc1cc2cc(Nc3nc(N4C[C@H](CO)N[C@@H](C)C4)ncc3Cl)ccc2n(C)c1=O. The number of benzene rings is 1. The number of nitrogens with one attached hydrogen (secondary N) is 3. The first-order valence-corrected chi connectivity index (χ1v) is 11.6. The second kappa shape index (κ2) is 10.5. The van der Waals surface area contributed by atoms with Gasteiger partial charge in [-0.2, -0.15) is 4.98 Å². The number of carbonyl (C=O) groups excluding carboxylic acids is 1. The maximum Gasteiger partial charge on any atom is 0.293 e. The van der Waals surface area contributed by atoms with E-state index in [4.69, 9.17) is 16.3 Å². The number of amides is 1. The van der Waals surface area contributed by atoms with E-state index >= 15 is 0 Å². The molecule has 0 spiro atoms. The van der Waals surface area contributed by atoms with Crippen LogP contribution in [0.15, 0.2) is 35.3 Å². The number of aromatic nitrogens is 3. The fourth-order valence-electron chi connectivity index (χ4n) is 4.04. The third-order valence-corrected chi connectivity index (χ3v) is 6.06. The normalized spacial score (nSPS) is 17.9. The van der Waals surface area contributed by atoms with Crippen LogP contribution >= 0.6 is 11.6 Å². The quantitative estimate of drug-likeness (QED) is 0.374. The van der Waals surface area contributed by atoms with Crippen molar-refractivity contribution in [2.45, 2.75) is 19.0 Å². The standard InChI is InChI=1S/C23H28ClN7O4/c1-13-9-31(10-16(11-32)27-13)23-26-8-17(24)21(29-23)28-15-4-5-18-14(6-15)7-19(22(34)30(18)3)35-12-20(33)25-2/h4-8,13,16,27,32H,9-12H2,1-3H3,(H,25,33)(H,26,28,29)/t13-,16+/m0/s1. The Morgan fingerprint density at radius 3 is 2.89 bits per heavy atom. The molecule has 3 aromatic rings. The average Bonchev–Trinajstić information content (AvgIpc) is 2.85. The number of halogens is 1. The highest BCUT2D eigenvalue weighted by Gasteiger charge is 2.25. The molecule has 2 atom stereocenters. The van der Waals surface area contributed by atoms with Gasteiger partial charge in [-0.05, 0) is 31.2 Å². The van der Waals surface area contributed by atoms with Crippen LogP contribution in [-0.4, -0.2) is 71.0 Å². The Hall–Kier alpha value is -3.41. The van der Waals surface area contributed by atoms with Crippen molar-refractivity contribution >= 4 is 45.9 Å². The van der Waals surface area contributed by atoms with Crippen molar-refractivity contribution in [1.29, 1.82) is 0 Å². The number of aryl methyl sites for hydroxylation is 1. The molecular weight excluding hydrogens is 474 g/mol. The summed E-state index contributed by atoms with van der Waals surface area (Å²) >= 11 is 6.38. The Labute approximate surface area is 207 Å². The first-order valence-electron chi connectivity index (χ1n) is 11.2. The number of hydrogen-bond donors (Lipinski definition) is 4. The maximum atomic E-state index is 12.6. The molecular formula is C23H28ClN7O4. The summed E-state index contributed by atoms with van der Waals surface area (Å²) in [7, 11) is 3.14. The summed E-state index contributed by atoms with van der Waals surface area (Å²) in [6.07, 6.45) is 1.54. The minimum Gasteiger partial charge on any atom is -0.478 e. The highest BCUT2D eigenvalue weighted by molar-refractivity contribution is 6.32. The number of rotatable bonds is 7. The van der Waals surface area contributed by atoms with Crippen LogP contribution in [0.3, 0.4) is 0 Å². The molecule has 1 amide bonds. The van der Waals surface area contributed by atoms with E-state index in [9.17, 15) is 14.7 Å². The molecule has 1 saturated heterocycles. The lowest BCUT2D eigenvalue weighted by atomic mass is 10.1. The predicted molar refractivity (Wildman–Crippen MR) is 135 cm³/mol. The van der Waals surface area contributed by atoms with Gasteiger partial charge in [-0.3, -0.25) is 9.59 Å². The van der Waals surface area contributed by atoms with Crippen LogP contribution in [0, 0.1) is 0 Å². The molecule has 1 aliphatic rings. The van der Waals surface area contributed by atoms with E-state index in [1.54, 1.807) is 25.4 Å². The molecule has 4 N–H and O–H groups in total. The van der Waals surface area contributed by atoms with Gasteiger partial charge in [-0.15, -0.1) is 0 Å². The van der Waals surface area contributed by atoms with Gasteiger partial charge >= 0.3 is 0 Å². The summed E-state index contributed by atoms with van der Waals surface area (Å²) in [6.45, 7) is 3.08. The second-order valence-corrected chi connectivity index (χ2v) is 8.86. The molecule has 11 nitrogen and oxygen atoms in total. The van der Waals surface area contributed by atoms with Gasteiger partial charge in [0.05, 0.1) is 18.3 Å². The smallest absolute Gasteiger partial charge is 0.293 e. The second-order valence-electron chi connectivity index (χ2n) is 8.45. The van der Waals surface area contributed by atoms with Crippen LogP contribution in [0.25, 0.3) is 10.9 Å². The van der Waals surface area contributed by atoms with Gasteiger partial charge in [0, 0.05) is 50.3 Å². The molecule has 0 bridgehead atoms. The molecule has 3 heterocycles. The maximum absolute atomic E-state index is 12.6. The summed E-state index contributed by atoms with van der Waals surface area (Å²) in [5.74, 6) is 0.691. The van der Waals surface area contributed by atoms with Crippen LogP contribution < -0.4 is 31.1 Å². The number of nitrogens with zero attached hydrogens (tertiary/aromatic N) is 4. The first-order chi connectivity index (χ1) is 16.8. The summed E-state index contributed by atoms with van der Waals surface area (Å²) < 4.78 is 6.90. The van der Waals surface area contributed by atoms with E-state index in [2.05, 4.69) is 25.9 Å². The van der Waals surface area contributed by atoms with Crippen LogP contribution in [0.2, 0.25) is 5.02 Å². The Bertz CT molecular complexity index is 1300. The molecule has 12 heteroatoms. The third kappa shape index (κ3) is 5.47. The van der Waals surface area contributed by atoms with Crippen molar-refractivity contribution in [2.24, 2.45) is 7.05 Å². The van der Waals surface area contributed by atoms with Gasteiger partial charge < -0.3 is 35.3 Å². The molecule has 0 radical (unpaired) electrons. The summed E-state index contributed by atoms with van der Waals surface area (Å²) in [5.41, 5.74) is 1.06. The number of likely N-dealkylation sites (N-methyl/N-ethyl adjacent to an activating group) is 1. The molecule has 0 saturated carbocycles. The van der Waals surface area contributed by atoms with Gasteiger partial charge in [0.1, 0.15) is 5.02 Å². The Morgan fingerprint density at radius 2 is 2.14 bits per heavy atom. The summed E-state index contributed by atoms with van der Waals surface area (Å²) in [5, 5.41) is 19.7. The van der Waals surface area contributed by atoms with E-state index in [0.29, 0.717) is 41.1 Å². The Kier molecular flexibility index (Phi) is 7.39. The largest absolute Gasteiger partial charge is 0.478 e. The topological polar surface area (TPSA) is 134 Å². The lowest BCUT2D eigenvalue weighted by Crippen LogP contribution is -2.57. The fraction of sp³-hybridized carbons (Fsp3) is 0.391. The number of piperazine rings is 1. The lowest BCUT2D eigenvalue weighted by molar-refractivity contribution is -0.122. The van der Waals surface area contributed by atoms with E-state index < -0.39 is 0 Å². The minimum atomic E-state index is -0.336. The van der Waals surface area contributed by atoms with Crippen LogP contribution in [0.5, 0.6) is 5.75 Å². The zero-order chi connectivity index (χ0) is 25.1. The Morgan fingerprint density at radius 1 is 1.34 bits per heavy atom. The fourth-order valence-corrected chi connectivity index (χ4v) is 4.18. The van der Waals surface area contributed by atoms with E-state index in [1.165, 1.54) is 11.6 Å². The number of aliphatic hydroxyl groups is 1. The zero-order valence-electron chi connectivity index (χ0n) is 19.7. The summed E-state index contributed by atoms with van der Waals surface area (Å²) in [4.78, 5) is 35.1. The van der Waals surface area contributed by atoms with E-state index in [0.717, 1.165) is 5.39 Å². The van der Waals surface area contributed by atoms with Gasteiger partial charge in [0.25, 0.3) is 11.5 Å². The number of anilines is 3. The molecule has 1 fully saturated rings. The van der Waals surface area contributed by atoms with Gasteiger partial charge in [-0.1, -0.05) is 11.6 Å². The highest BCUT2D eigenvalue weighted by Crippen LogP contribution is 2.28. The van der Waals surface area contributed by atoms with Gasteiger partial charge in [0.2, 0.25) is 5.95 Å². The highest BCUT2D eigenvalue weighted by atomic mass is 35.5. The van der Waals surface area contributed by atoms with Gasteiger partial charge in [0.15, 0.2) is 18.2 Å². The molecule has 0 aliphatic carbocycles. The number of fused-ring (bicyclic) bond motifs is 1. The number of ether oxygens (including phenoxy) is 1. The van der Waals surface area contributed by atoms with Crippen LogP contribution in [0.4, 0.5) is 17.5 Å². The molecule has 0 unspecified atom stereocenters. The van der Waals surface area contributed by atoms with Crippen molar-refractivity contribution in [3.05, 3.63) is 45.8 Å². The molecule has 2 aromatic heterocycles. The van der Waals surface area contributed by atoms with Crippen LogP contribution in [0.1, 0.15) is 6.92 Å². The van der Waals surface area contributed by atoms with Crippen molar-refractivity contribution in [3.63, 3.8) is 0 Å². The first kappa shape index (κ1) is 24.7. The Balaban J connectivity index is 1.61. The molecule has 4 rings (SSSR count). The third-order valence-electron chi connectivity index (χ3n) is 5.78. The molecule has 186 valence electrons. The van der Waals surface area contributed by atoms with Gasteiger partial charge in [-0.25, -0.2) is 4.98 Å². The monoisotopic (exact) mass is 501 g/mol. The predicted octanol–water partition coefficient (Wildman–Crippen LogP) is 1.01. The lowest BCUT2D eigenvalue weighted by Gasteiger charge is -2.37. The van der Waals surface area contributed by atoms with E-state index in [1.807, 2.05) is 24.0 Å². The van der Waals surface area contributed by atoms with Crippen molar-refractivity contribution < 1.29 is 14.6 Å². The molecule has 1 aromatic carbocycles. The van der Waals surface area contributed by atoms with Crippen molar-refractivity contribution in [2.75, 3.05) is 43.6 Å². The number of pyridine rings is 1. The van der Waals surface area contributed by atoms with Crippen molar-refractivity contribution in [3.8, 4) is 5.75 Å². The molecule has 1 aliphatic heterocycles. The van der Waals surface area contributed by atoms with E-state index in [-0.39, 0.29) is 42.5 Å². The summed E-state index contributed by atoms with van der Waals surface area (Å²) in [6, 6.07) is 7.18. The number of hydrogen-bond acceptors (Lipinski definition) is 9. The molecule has 35 heavy (non-hydrogen) atoms. The average molecular weight is 502 g/mol. The zero-order valence-corrected chi connectivity index (χ0v) is 20.5. The van der Waals surface area contributed by atoms with Crippen molar-refractivity contribution in [1.82, 2.24) is 25.2 Å².